The molecule has 7 heavy (non-hydrogen) atoms. The lowest BCUT2D eigenvalue weighted by molar-refractivity contribution is 0.299. The average molecular weight is 102 g/mol. The molecule has 0 saturated heterocycles. The standard InChI is InChI=1S/C5H10O.CH4/c1-5(2)3-4-6;/h6H,1,3-4H2,2H3;1H4. The zero-order valence-corrected chi connectivity index (χ0v) is 4.07. The first kappa shape index (κ1) is 9.85. The van der Waals surface area contributed by atoms with Gasteiger partial charge in [0, 0.05) is 6.61 Å². The van der Waals surface area contributed by atoms with E-state index in [1.54, 1.807) is 0 Å². The fourth-order valence-corrected chi connectivity index (χ4v) is 0.191. The van der Waals surface area contributed by atoms with E-state index >= 15 is 0 Å². The summed E-state index contributed by atoms with van der Waals surface area (Å²) in [4.78, 5) is 0. The predicted molar refractivity (Wildman–Crippen MR) is 33.2 cm³/mol. The number of hydrogen-bond acceptors (Lipinski definition) is 1. The molecule has 0 aromatic carbocycles. The van der Waals surface area contributed by atoms with Gasteiger partial charge < -0.3 is 5.11 Å². The smallest absolute Gasteiger partial charge is 0.0467 e. The number of hydrogen-bond donors (Lipinski definition) is 1. The van der Waals surface area contributed by atoms with E-state index in [4.69, 9.17) is 5.11 Å². The molecule has 0 spiro atoms. The molecule has 0 unspecified atom stereocenters. The Hall–Kier alpha value is -0.300. The maximum absolute atomic E-state index is 8.18. The molecule has 1 heteroatoms. The van der Waals surface area contributed by atoms with Gasteiger partial charge in [0.15, 0.2) is 0 Å². The molecule has 0 aliphatic carbocycles. The molecule has 44 valence electrons. The molecular formula is C6H14O. The van der Waals surface area contributed by atoms with E-state index in [1.807, 2.05) is 6.92 Å². The molecule has 0 radical (unpaired) electrons. The van der Waals surface area contributed by atoms with Gasteiger partial charge in [-0.1, -0.05) is 13.0 Å². The summed E-state index contributed by atoms with van der Waals surface area (Å²) in [5.74, 6) is 0. The monoisotopic (exact) mass is 102 g/mol. The van der Waals surface area contributed by atoms with E-state index in [-0.39, 0.29) is 14.0 Å². The number of rotatable bonds is 2. The van der Waals surface area contributed by atoms with Gasteiger partial charge in [-0.15, -0.1) is 6.58 Å². The van der Waals surface area contributed by atoms with Crippen LogP contribution >= 0.6 is 0 Å². The molecule has 0 bridgehead atoms. The van der Waals surface area contributed by atoms with Crippen LogP contribution in [0.5, 0.6) is 0 Å². The van der Waals surface area contributed by atoms with E-state index in [1.165, 1.54) is 0 Å². The summed E-state index contributed by atoms with van der Waals surface area (Å²) in [7, 11) is 0. The highest BCUT2D eigenvalue weighted by Gasteiger charge is 1.77. The topological polar surface area (TPSA) is 20.2 Å². The van der Waals surface area contributed by atoms with Gasteiger partial charge in [0.25, 0.3) is 0 Å². The van der Waals surface area contributed by atoms with Crippen molar-refractivity contribution in [3.05, 3.63) is 12.2 Å². The molecule has 0 aliphatic rings. The minimum absolute atomic E-state index is 0. The Morgan fingerprint density at radius 1 is 1.71 bits per heavy atom. The molecule has 0 fully saturated rings. The van der Waals surface area contributed by atoms with Crippen LogP contribution in [0.25, 0.3) is 0 Å². The average Bonchev–Trinajstić information content (AvgIpc) is 1.35. The van der Waals surface area contributed by atoms with Crippen LogP contribution in [0.3, 0.4) is 0 Å². The lowest BCUT2D eigenvalue weighted by atomic mass is 10.3. The molecule has 0 amide bonds. The van der Waals surface area contributed by atoms with Gasteiger partial charge in [0.2, 0.25) is 0 Å². The second kappa shape index (κ2) is 5.70. The third-order valence-corrected chi connectivity index (χ3v) is 0.539. The van der Waals surface area contributed by atoms with Crippen molar-refractivity contribution in [2.45, 2.75) is 20.8 Å². The van der Waals surface area contributed by atoms with Crippen molar-refractivity contribution in [1.82, 2.24) is 0 Å². The van der Waals surface area contributed by atoms with Crippen molar-refractivity contribution in [3.63, 3.8) is 0 Å². The zero-order chi connectivity index (χ0) is 4.99. The fraction of sp³-hybridized carbons (Fsp3) is 0.667. The zero-order valence-electron chi connectivity index (χ0n) is 4.07. The van der Waals surface area contributed by atoms with Crippen LogP contribution in [0.15, 0.2) is 12.2 Å². The highest BCUT2D eigenvalue weighted by atomic mass is 16.2. The maximum Gasteiger partial charge on any atom is 0.0467 e. The summed E-state index contributed by atoms with van der Waals surface area (Å²) in [6, 6.07) is 0. The normalized spacial score (nSPS) is 7.14. The van der Waals surface area contributed by atoms with E-state index in [2.05, 4.69) is 6.58 Å². The van der Waals surface area contributed by atoms with Crippen molar-refractivity contribution in [1.29, 1.82) is 0 Å². The Bertz CT molecular complexity index is 48.1. The lowest BCUT2D eigenvalue weighted by Crippen LogP contribution is -1.79. The third kappa shape index (κ3) is 10.7. The summed E-state index contributed by atoms with van der Waals surface area (Å²) in [6.07, 6.45) is 0.736. The molecule has 0 saturated carbocycles. The summed E-state index contributed by atoms with van der Waals surface area (Å²) in [5.41, 5.74) is 1.04. The highest BCUT2D eigenvalue weighted by Crippen LogP contribution is 1.90. The summed E-state index contributed by atoms with van der Waals surface area (Å²) in [6.45, 7) is 5.72. The Kier molecular flexibility index (Phi) is 8.02. The Morgan fingerprint density at radius 2 is 2.14 bits per heavy atom. The Labute approximate surface area is 45.7 Å². The first-order chi connectivity index (χ1) is 2.77. The van der Waals surface area contributed by atoms with Crippen LogP contribution in [-0.2, 0) is 0 Å². The van der Waals surface area contributed by atoms with Crippen molar-refractivity contribution in [2.75, 3.05) is 6.61 Å². The van der Waals surface area contributed by atoms with Gasteiger partial charge in [0.05, 0.1) is 0 Å². The molecule has 0 aromatic rings. The van der Waals surface area contributed by atoms with E-state index in [0.717, 1.165) is 12.0 Å². The molecule has 1 nitrogen and oxygen atoms in total. The van der Waals surface area contributed by atoms with Gasteiger partial charge in [0.1, 0.15) is 0 Å². The molecule has 0 heterocycles. The largest absolute Gasteiger partial charge is 0.396 e. The Balaban J connectivity index is 0. The number of aliphatic hydroxyl groups is 1. The number of aliphatic hydroxyl groups excluding tert-OH is 1. The van der Waals surface area contributed by atoms with E-state index < -0.39 is 0 Å². The molecule has 1 N–H and O–H groups in total. The van der Waals surface area contributed by atoms with Gasteiger partial charge in [-0.3, -0.25) is 0 Å². The molecule has 0 aromatic heterocycles. The first-order valence-electron chi connectivity index (χ1n) is 2.02. The lowest BCUT2D eigenvalue weighted by Gasteiger charge is -1.87. The van der Waals surface area contributed by atoms with Crippen molar-refractivity contribution in [2.24, 2.45) is 0 Å². The van der Waals surface area contributed by atoms with Crippen molar-refractivity contribution in [3.8, 4) is 0 Å². The summed E-state index contributed by atoms with van der Waals surface area (Å²) < 4.78 is 0. The van der Waals surface area contributed by atoms with Gasteiger partial charge in [-0.25, -0.2) is 0 Å². The fourth-order valence-electron chi connectivity index (χ4n) is 0.191. The maximum atomic E-state index is 8.18. The second-order valence-corrected chi connectivity index (χ2v) is 1.43. The quantitative estimate of drug-likeness (QED) is 0.525. The predicted octanol–water partition coefficient (Wildman–Crippen LogP) is 1.58. The third-order valence-electron chi connectivity index (χ3n) is 0.539. The summed E-state index contributed by atoms with van der Waals surface area (Å²) in [5, 5.41) is 8.18. The van der Waals surface area contributed by atoms with Crippen LogP contribution in [0.1, 0.15) is 20.8 Å². The minimum atomic E-state index is 0. The molecule has 0 atom stereocenters. The summed E-state index contributed by atoms with van der Waals surface area (Å²) >= 11 is 0. The van der Waals surface area contributed by atoms with Gasteiger partial charge >= 0.3 is 0 Å². The van der Waals surface area contributed by atoms with E-state index in [0.29, 0.717) is 0 Å². The van der Waals surface area contributed by atoms with Crippen LogP contribution in [0.2, 0.25) is 0 Å². The highest BCUT2D eigenvalue weighted by molar-refractivity contribution is 4.86. The molecular weight excluding hydrogens is 88.1 g/mol. The second-order valence-electron chi connectivity index (χ2n) is 1.43. The SMILES string of the molecule is C.C=C(C)CCO. The molecule has 0 rings (SSSR count). The Morgan fingerprint density at radius 3 is 2.14 bits per heavy atom. The van der Waals surface area contributed by atoms with Crippen LogP contribution in [0.4, 0.5) is 0 Å². The minimum Gasteiger partial charge on any atom is -0.396 e. The van der Waals surface area contributed by atoms with Crippen molar-refractivity contribution < 1.29 is 5.11 Å². The van der Waals surface area contributed by atoms with Crippen LogP contribution < -0.4 is 0 Å². The van der Waals surface area contributed by atoms with E-state index in [9.17, 15) is 0 Å². The van der Waals surface area contributed by atoms with Crippen LogP contribution in [-0.4, -0.2) is 11.7 Å². The van der Waals surface area contributed by atoms with Crippen molar-refractivity contribution >= 4 is 0 Å². The molecule has 0 aliphatic heterocycles. The van der Waals surface area contributed by atoms with Gasteiger partial charge in [-0.2, -0.15) is 0 Å². The first-order valence-corrected chi connectivity index (χ1v) is 2.02. The van der Waals surface area contributed by atoms with Crippen LogP contribution in [0, 0.1) is 0 Å². The van der Waals surface area contributed by atoms with Gasteiger partial charge in [-0.05, 0) is 13.3 Å².